The summed E-state index contributed by atoms with van der Waals surface area (Å²) in [5.41, 5.74) is -0.698. The number of imide groups is 1. The van der Waals surface area contributed by atoms with Crippen LogP contribution >= 0.6 is 0 Å². The van der Waals surface area contributed by atoms with Crippen LogP contribution in [0.5, 0.6) is 5.75 Å². The standard InChI is InChI=1S/C30H24FN3O4/c1-2-29-11-12-30(38-29,13-14-37-20-9-7-19(17-33)23(31)15-20)26-25(29)27(35)34(28(26)36)24-10-8-18(16-32)21-5-3-4-6-22(21)24/h3-10,15,25-26H,2,11-14H2,1H3/t25-,26+,29-,30-/m0/s1. The molecule has 3 aromatic carbocycles. The van der Waals surface area contributed by atoms with E-state index >= 15 is 0 Å². The van der Waals surface area contributed by atoms with Gasteiger partial charge < -0.3 is 9.47 Å². The Hall–Kier alpha value is -4.27. The van der Waals surface area contributed by atoms with Crippen molar-refractivity contribution in [2.75, 3.05) is 11.5 Å². The van der Waals surface area contributed by atoms with Crippen LogP contribution in [0.25, 0.3) is 10.8 Å². The molecule has 3 aliphatic rings. The van der Waals surface area contributed by atoms with Crippen molar-refractivity contribution in [1.29, 1.82) is 10.5 Å². The van der Waals surface area contributed by atoms with Crippen LogP contribution in [0, 0.1) is 40.3 Å². The van der Waals surface area contributed by atoms with E-state index in [4.69, 9.17) is 14.7 Å². The van der Waals surface area contributed by atoms with Crippen LogP contribution in [0.15, 0.2) is 54.6 Å². The highest BCUT2D eigenvalue weighted by atomic mass is 19.1. The van der Waals surface area contributed by atoms with Gasteiger partial charge in [0.25, 0.3) is 0 Å². The first-order valence-corrected chi connectivity index (χ1v) is 12.7. The summed E-state index contributed by atoms with van der Waals surface area (Å²) in [5, 5.41) is 19.9. The third-order valence-electron chi connectivity index (χ3n) is 8.53. The van der Waals surface area contributed by atoms with Gasteiger partial charge in [-0.3, -0.25) is 9.59 Å². The molecular weight excluding hydrogens is 485 g/mol. The van der Waals surface area contributed by atoms with E-state index in [9.17, 15) is 19.2 Å². The second kappa shape index (κ2) is 8.65. The summed E-state index contributed by atoms with van der Waals surface area (Å²) in [4.78, 5) is 29.3. The minimum atomic E-state index is -0.865. The Morgan fingerprint density at radius 1 is 0.974 bits per heavy atom. The second-order valence-corrected chi connectivity index (χ2v) is 10.2. The highest BCUT2D eigenvalue weighted by molar-refractivity contribution is 6.26. The number of anilines is 1. The van der Waals surface area contributed by atoms with Gasteiger partial charge in [-0.05, 0) is 43.5 Å². The molecule has 0 saturated carbocycles. The maximum atomic E-state index is 14.0. The van der Waals surface area contributed by atoms with Crippen molar-refractivity contribution in [2.24, 2.45) is 11.8 Å². The Kier molecular flexibility index (Phi) is 5.48. The SMILES string of the molecule is CC[C@@]12CC[C@@](CCOc3ccc(C#N)c(F)c3)(O1)[C@H]1C(=O)N(c3ccc(C#N)c4ccccc34)C(=O)[C@H]12. The predicted octanol–water partition coefficient (Wildman–Crippen LogP) is 5.01. The van der Waals surface area contributed by atoms with E-state index in [0.29, 0.717) is 47.7 Å². The molecule has 3 heterocycles. The average Bonchev–Trinajstić information content (AvgIpc) is 3.54. The lowest BCUT2D eigenvalue weighted by atomic mass is 9.66. The Bertz CT molecular complexity index is 1590. The number of fused-ring (bicyclic) bond motifs is 6. The number of ether oxygens (including phenoxy) is 2. The number of hydrogen-bond acceptors (Lipinski definition) is 6. The van der Waals surface area contributed by atoms with Gasteiger partial charge in [0.15, 0.2) is 0 Å². The summed E-state index contributed by atoms with van der Waals surface area (Å²) in [6, 6.07) is 18.6. The number of carbonyl (C=O) groups excluding carboxylic acids is 2. The number of nitrogens with zero attached hydrogens (tertiary/aromatic N) is 3. The number of benzene rings is 3. The van der Waals surface area contributed by atoms with E-state index in [1.807, 2.05) is 31.2 Å². The predicted molar refractivity (Wildman–Crippen MR) is 135 cm³/mol. The Balaban J connectivity index is 1.33. The van der Waals surface area contributed by atoms with Crippen LogP contribution in [0.2, 0.25) is 0 Å². The summed E-state index contributed by atoms with van der Waals surface area (Å²) in [6.07, 6.45) is 2.24. The van der Waals surface area contributed by atoms with Crippen molar-refractivity contribution in [3.63, 3.8) is 0 Å². The van der Waals surface area contributed by atoms with Gasteiger partial charge in [-0.25, -0.2) is 9.29 Å². The smallest absolute Gasteiger partial charge is 0.240 e. The second-order valence-electron chi connectivity index (χ2n) is 10.2. The molecule has 2 bridgehead atoms. The zero-order valence-electron chi connectivity index (χ0n) is 20.7. The molecular formula is C30H24FN3O4. The normalized spacial score (nSPS) is 27.4. The Labute approximate surface area is 219 Å². The Morgan fingerprint density at radius 2 is 1.63 bits per heavy atom. The van der Waals surface area contributed by atoms with Crippen molar-refractivity contribution in [2.45, 2.75) is 43.8 Å². The zero-order chi connectivity index (χ0) is 26.7. The maximum absolute atomic E-state index is 14.0. The van der Waals surface area contributed by atoms with Gasteiger partial charge in [0, 0.05) is 23.3 Å². The van der Waals surface area contributed by atoms with E-state index in [0.717, 1.165) is 0 Å². The quantitative estimate of drug-likeness (QED) is 0.433. The first kappa shape index (κ1) is 24.1. The van der Waals surface area contributed by atoms with Crippen LogP contribution in [0.3, 0.4) is 0 Å². The molecule has 6 rings (SSSR count). The molecule has 190 valence electrons. The summed E-state index contributed by atoms with van der Waals surface area (Å²) >= 11 is 0. The maximum Gasteiger partial charge on any atom is 0.240 e. The number of nitriles is 2. The summed E-state index contributed by atoms with van der Waals surface area (Å²) in [5.74, 6) is -2.20. The molecule has 8 heteroatoms. The molecule has 0 spiro atoms. The first-order valence-electron chi connectivity index (χ1n) is 12.7. The van der Waals surface area contributed by atoms with Gasteiger partial charge in [0.05, 0.1) is 52.5 Å². The summed E-state index contributed by atoms with van der Waals surface area (Å²) < 4.78 is 26.4. The first-order chi connectivity index (χ1) is 18.4. The molecule has 0 unspecified atom stereocenters. The molecule has 7 nitrogen and oxygen atoms in total. The average molecular weight is 510 g/mol. The topological polar surface area (TPSA) is 103 Å². The van der Waals surface area contributed by atoms with E-state index in [1.165, 1.54) is 23.1 Å². The molecule has 2 amide bonds. The van der Waals surface area contributed by atoms with Crippen molar-refractivity contribution in [3.05, 3.63) is 71.5 Å². The van der Waals surface area contributed by atoms with Crippen LogP contribution in [0.1, 0.15) is 43.7 Å². The molecule has 3 aromatic rings. The van der Waals surface area contributed by atoms with Crippen molar-refractivity contribution < 1.29 is 23.5 Å². The summed E-state index contributed by atoms with van der Waals surface area (Å²) in [7, 11) is 0. The molecule has 38 heavy (non-hydrogen) atoms. The number of carbonyl (C=O) groups is 2. The monoisotopic (exact) mass is 509 g/mol. The lowest BCUT2D eigenvalue weighted by molar-refractivity contribution is -0.132. The van der Waals surface area contributed by atoms with Crippen molar-refractivity contribution >= 4 is 28.3 Å². The Morgan fingerprint density at radius 3 is 2.32 bits per heavy atom. The molecule has 3 aliphatic heterocycles. The lowest BCUT2D eigenvalue weighted by Crippen LogP contribution is -2.43. The minimum absolute atomic E-state index is 0.0630. The zero-order valence-corrected chi connectivity index (χ0v) is 20.7. The van der Waals surface area contributed by atoms with Gasteiger partial charge in [0.2, 0.25) is 11.8 Å². The van der Waals surface area contributed by atoms with E-state index < -0.39 is 28.9 Å². The van der Waals surface area contributed by atoms with Crippen LogP contribution in [0.4, 0.5) is 10.1 Å². The fraction of sp³-hybridized carbons (Fsp3) is 0.333. The minimum Gasteiger partial charge on any atom is -0.493 e. The van der Waals surface area contributed by atoms with Crippen LogP contribution in [-0.4, -0.2) is 29.6 Å². The number of halogens is 1. The third-order valence-corrected chi connectivity index (χ3v) is 8.53. The van der Waals surface area contributed by atoms with Crippen molar-refractivity contribution in [3.8, 4) is 17.9 Å². The fourth-order valence-corrected chi connectivity index (χ4v) is 6.73. The lowest BCUT2D eigenvalue weighted by Gasteiger charge is -2.31. The number of amides is 2. The van der Waals surface area contributed by atoms with Crippen LogP contribution < -0.4 is 9.64 Å². The van der Waals surface area contributed by atoms with Gasteiger partial charge in [0.1, 0.15) is 17.6 Å². The van der Waals surface area contributed by atoms with E-state index in [1.54, 1.807) is 18.2 Å². The fourth-order valence-electron chi connectivity index (χ4n) is 6.73. The number of hydrogen-bond donors (Lipinski definition) is 0. The van der Waals surface area contributed by atoms with Gasteiger partial charge in [-0.1, -0.05) is 31.2 Å². The molecule has 0 aliphatic carbocycles. The summed E-state index contributed by atoms with van der Waals surface area (Å²) in [6.45, 7) is 2.14. The highest BCUT2D eigenvalue weighted by Gasteiger charge is 2.74. The molecule has 3 saturated heterocycles. The third kappa shape index (κ3) is 3.27. The van der Waals surface area contributed by atoms with Gasteiger partial charge in [-0.2, -0.15) is 10.5 Å². The molecule has 4 atom stereocenters. The largest absolute Gasteiger partial charge is 0.493 e. The number of rotatable bonds is 6. The van der Waals surface area contributed by atoms with E-state index in [2.05, 4.69) is 6.07 Å². The molecule has 3 fully saturated rings. The van der Waals surface area contributed by atoms with Crippen molar-refractivity contribution in [1.82, 2.24) is 0 Å². The highest BCUT2D eigenvalue weighted by Crippen LogP contribution is 2.63. The molecule has 0 radical (unpaired) electrons. The molecule has 0 aromatic heterocycles. The van der Waals surface area contributed by atoms with Crippen LogP contribution in [-0.2, 0) is 14.3 Å². The van der Waals surface area contributed by atoms with Gasteiger partial charge in [-0.15, -0.1) is 0 Å². The molecule has 0 N–H and O–H groups in total. The van der Waals surface area contributed by atoms with Gasteiger partial charge >= 0.3 is 0 Å². The van der Waals surface area contributed by atoms with E-state index in [-0.39, 0.29) is 29.7 Å².